The second-order valence-electron chi connectivity index (χ2n) is 9.29. The van der Waals surface area contributed by atoms with Gasteiger partial charge in [-0.2, -0.15) is 13.2 Å². The molecule has 0 bridgehead atoms. The van der Waals surface area contributed by atoms with E-state index >= 15 is 0 Å². The van der Waals surface area contributed by atoms with Gasteiger partial charge in [0.2, 0.25) is 5.91 Å². The molecule has 212 valence electrons. The topological polar surface area (TPSA) is 86.8 Å². The summed E-state index contributed by atoms with van der Waals surface area (Å²) in [7, 11) is -4.53. The van der Waals surface area contributed by atoms with Crippen molar-refractivity contribution in [3.63, 3.8) is 0 Å². The van der Waals surface area contributed by atoms with Crippen molar-refractivity contribution in [1.29, 1.82) is 0 Å². The van der Waals surface area contributed by atoms with Crippen LogP contribution in [-0.4, -0.2) is 44.8 Å². The molecule has 3 aromatic carbocycles. The van der Waals surface area contributed by atoms with Crippen LogP contribution in [0.4, 0.5) is 24.5 Å². The number of nitrogens with zero attached hydrogens (tertiary/aromatic N) is 2. The molecule has 1 fully saturated rings. The van der Waals surface area contributed by atoms with Crippen molar-refractivity contribution in [3.05, 3.63) is 88.9 Å². The number of alkyl halides is 3. The van der Waals surface area contributed by atoms with Gasteiger partial charge in [-0.15, -0.1) is 0 Å². The number of likely N-dealkylation sites (tertiary alicyclic amines) is 1. The van der Waals surface area contributed by atoms with Crippen LogP contribution in [0.15, 0.2) is 77.7 Å². The fourth-order valence-electron chi connectivity index (χ4n) is 4.44. The number of carbonyl (C=O) groups is 2. The molecule has 1 heterocycles. The number of benzene rings is 3. The zero-order valence-corrected chi connectivity index (χ0v) is 22.9. The predicted molar refractivity (Wildman–Crippen MR) is 147 cm³/mol. The molecule has 0 saturated carbocycles. The third kappa shape index (κ3) is 6.76. The van der Waals surface area contributed by atoms with Gasteiger partial charge in [0, 0.05) is 13.1 Å². The molecule has 4 rings (SSSR count). The lowest BCUT2D eigenvalue weighted by molar-refractivity contribution is -0.137. The summed E-state index contributed by atoms with van der Waals surface area (Å²) in [4.78, 5) is 28.0. The van der Waals surface area contributed by atoms with Crippen molar-refractivity contribution < 1.29 is 31.2 Å². The maximum Gasteiger partial charge on any atom is 0.416 e. The molecule has 0 aliphatic carbocycles. The number of carbonyl (C=O) groups excluding carboxylic acids is 2. The van der Waals surface area contributed by atoms with Crippen molar-refractivity contribution in [3.8, 4) is 0 Å². The Labute approximate surface area is 235 Å². The lowest BCUT2D eigenvalue weighted by Gasteiger charge is -2.26. The van der Waals surface area contributed by atoms with E-state index in [0.29, 0.717) is 23.5 Å². The molecule has 7 nitrogen and oxygen atoms in total. The minimum atomic E-state index is -4.78. The Kier molecular flexibility index (Phi) is 9.05. The summed E-state index contributed by atoms with van der Waals surface area (Å²) in [5, 5.41) is 2.28. The van der Waals surface area contributed by atoms with Crippen LogP contribution >= 0.6 is 11.6 Å². The van der Waals surface area contributed by atoms with Crippen LogP contribution in [0.5, 0.6) is 0 Å². The summed E-state index contributed by atoms with van der Waals surface area (Å²) < 4.78 is 68.2. The summed E-state index contributed by atoms with van der Waals surface area (Å²) in [5.74, 6) is -1.14. The van der Waals surface area contributed by atoms with Gasteiger partial charge in [0.15, 0.2) is 0 Å². The largest absolute Gasteiger partial charge is 0.416 e. The number of amides is 2. The summed E-state index contributed by atoms with van der Waals surface area (Å²) in [6.45, 7) is 0.265. The molecule has 40 heavy (non-hydrogen) atoms. The molecule has 0 spiro atoms. The number of sulfonamides is 1. The van der Waals surface area contributed by atoms with Crippen LogP contribution in [0.3, 0.4) is 0 Å². The van der Waals surface area contributed by atoms with E-state index in [1.165, 1.54) is 30.3 Å². The summed E-state index contributed by atoms with van der Waals surface area (Å²) in [6.07, 6.45) is -1.01. The van der Waals surface area contributed by atoms with Crippen molar-refractivity contribution in [1.82, 2.24) is 4.90 Å². The van der Waals surface area contributed by atoms with E-state index in [-0.39, 0.29) is 27.1 Å². The molecule has 2 amide bonds. The number of nitrogens with one attached hydrogen (secondary N) is 1. The highest BCUT2D eigenvalue weighted by Crippen LogP contribution is 2.37. The highest BCUT2D eigenvalue weighted by atomic mass is 35.5. The van der Waals surface area contributed by atoms with E-state index in [1.54, 1.807) is 29.2 Å². The average Bonchev–Trinajstić information content (AvgIpc) is 3.22. The Morgan fingerprint density at radius 1 is 0.900 bits per heavy atom. The third-order valence-electron chi connectivity index (χ3n) is 6.49. The fraction of sp³-hybridized carbons (Fsp3) is 0.286. The third-order valence-corrected chi connectivity index (χ3v) is 8.58. The quantitative estimate of drug-likeness (QED) is 0.353. The van der Waals surface area contributed by atoms with Crippen molar-refractivity contribution in [2.75, 3.05) is 29.3 Å². The Balaban J connectivity index is 1.68. The highest BCUT2D eigenvalue weighted by molar-refractivity contribution is 7.92. The smallest absolute Gasteiger partial charge is 0.339 e. The molecule has 0 atom stereocenters. The Hall–Kier alpha value is -3.57. The maximum absolute atomic E-state index is 13.6. The van der Waals surface area contributed by atoms with Crippen LogP contribution < -0.4 is 9.62 Å². The molecular weight excluding hydrogens is 567 g/mol. The number of para-hydroxylation sites is 1. The highest BCUT2D eigenvalue weighted by Gasteiger charge is 2.34. The van der Waals surface area contributed by atoms with Gasteiger partial charge in [0.25, 0.3) is 15.9 Å². The molecule has 1 N–H and O–H groups in total. The first-order valence-corrected chi connectivity index (χ1v) is 14.4. The molecule has 12 heteroatoms. The Morgan fingerprint density at radius 3 is 2.17 bits per heavy atom. The monoisotopic (exact) mass is 593 g/mol. The summed E-state index contributed by atoms with van der Waals surface area (Å²) >= 11 is 6.19. The number of rotatable bonds is 7. The van der Waals surface area contributed by atoms with Gasteiger partial charge < -0.3 is 10.2 Å². The normalized spacial score (nSPS) is 14.3. The van der Waals surface area contributed by atoms with Gasteiger partial charge in [-0.1, -0.05) is 54.8 Å². The van der Waals surface area contributed by atoms with Crippen LogP contribution in [0.1, 0.15) is 41.6 Å². The van der Waals surface area contributed by atoms with Gasteiger partial charge in [0.1, 0.15) is 6.54 Å². The van der Waals surface area contributed by atoms with Gasteiger partial charge in [0.05, 0.1) is 32.4 Å². The second-order valence-corrected chi connectivity index (χ2v) is 11.6. The minimum absolute atomic E-state index is 0.161. The van der Waals surface area contributed by atoms with Crippen molar-refractivity contribution >= 4 is 44.8 Å². The van der Waals surface area contributed by atoms with E-state index in [4.69, 9.17) is 11.6 Å². The second kappa shape index (κ2) is 12.3. The molecule has 1 aliphatic heterocycles. The fourth-order valence-corrected chi connectivity index (χ4v) is 6.16. The Bertz CT molecular complexity index is 1480. The van der Waals surface area contributed by atoms with Gasteiger partial charge >= 0.3 is 6.18 Å². The summed E-state index contributed by atoms with van der Waals surface area (Å²) in [6, 6.07) is 15.6. The lowest BCUT2D eigenvalue weighted by atomic mass is 10.1. The van der Waals surface area contributed by atoms with Gasteiger partial charge in [-0.3, -0.25) is 13.9 Å². The van der Waals surface area contributed by atoms with Gasteiger partial charge in [-0.05, 0) is 55.3 Å². The molecule has 0 unspecified atom stereocenters. The first-order valence-electron chi connectivity index (χ1n) is 12.6. The SMILES string of the molecule is O=C(CN(c1cc(C(F)(F)F)ccc1Cl)S(=O)(=O)c1ccccc1)Nc1ccccc1C(=O)N1CCCCCC1. The van der Waals surface area contributed by atoms with Crippen LogP contribution in [-0.2, 0) is 21.0 Å². The molecule has 1 saturated heterocycles. The first kappa shape index (κ1) is 29.4. The van der Waals surface area contributed by atoms with Crippen molar-refractivity contribution in [2.45, 2.75) is 36.8 Å². The standard InChI is InChI=1S/C28H27ClF3N3O4S/c29-23-15-14-20(28(30,31)32)18-25(23)35(40(38,39)21-10-4-3-5-11-21)19-26(36)33-24-13-7-6-12-22(24)27(37)34-16-8-1-2-9-17-34/h3-7,10-15,18H,1-2,8-9,16-17,19H2,(H,33,36). The minimum Gasteiger partial charge on any atom is -0.339 e. The zero-order valence-electron chi connectivity index (χ0n) is 21.3. The van der Waals surface area contributed by atoms with Crippen LogP contribution in [0, 0.1) is 0 Å². The van der Waals surface area contributed by atoms with Crippen LogP contribution in [0.2, 0.25) is 5.02 Å². The van der Waals surface area contributed by atoms with E-state index in [0.717, 1.165) is 37.8 Å². The number of halogens is 4. The van der Waals surface area contributed by atoms with E-state index in [9.17, 15) is 31.2 Å². The molecule has 0 aromatic heterocycles. The number of hydrogen-bond donors (Lipinski definition) is 1. The van der Waals surface area contributed by atoms with Crippen LogP contribution in [0.25, 0.3) is 0 Å². The van der Waals surface area contributed by atoms with Crippen molar-refractivity contribution in [2.24, 2.45) is 0 Å². The molecule has 3 aromatic rings. The average molecular weight is 594 g/mol. The maximum atomic E-state index is 13.6. The summed E-state index contributed by atoms with van der Waals surface area (Å²) in [5.41, 5.74) is -1.25. The lowest BCUT2D eigenvalue weighted by Crippen LogP contribution is -2.39. The van der Waals surface area contributed by atoms with E-state index < -0.39 is 39.9 Å². The first-order chi connectivity index (χ1) is 19.0. The molecular formula is C28H27ClF3N3O4S. The molecule has 1 aliphatic rings. The number of hydrogen-bond acceptors (Lipinski definition) is 4. The zero-order chi connectivity index (χ0) is 28.9. The van der Waals surface area contributed by atoms with E-state index in [1.807, 2.05) is 0 Å². The van der Waals surface area contributed by atoms with Gasteiger partial charge in [-0.25, -0.2) is 8.42 Å². The predicted octanol–water partition coefficient (Wildman–Crippen LogP) is 6.21. The van der Waals surface area contributed by atoms with E-state index in [2.05, 4.69) is 5.32 Å². The number of anilines is 2. The molecule has 0 radical (unpaired) electrons. The Morgan fingerprint density at radius 2 is 1.52 bits per heavy atom.